The van der Waals surface area contributed by atoms with E-state index >= 15 is 0 Å². The normalized spacial score (nSPS) is 16.2. The lowest BCUT2D eigenvalue weighted by Gasteiger charge is -2.09. The topological polar surface area (TPSA) is 74.0 Å². The summed E-state index contributed by atoms with van der Waals surface area (Å²) >= 11 is 1.33. The SMILES string of the molecule is O=C1CSC(=NN=Cc2ccccc2-c2ccccc2CO)N1. The number of amidine groups is 1. The summed E-state index contributed by atoms with van der Waals surface area (Å²) in [5.74, 6) is 0.329. The summed E-state index contributed by atoms with van der Waals surface area (Å²) in [7, 11) is 0. The van der Waals surface area contributed by atoms with Crippen molar-refractivity contribution in [3.63, 3.8) is 0 Å². The second-order valence-corrected chi connectivity index (χ2v) is 5.85. The molecule has 116 valence electrons. The number of aliphatic hydroxyl groups excluding tert-OH is 1. The van der Waals surface area contributed by atoms with Gasteiger partial charge in [-0.25, -0.2) is 0 Å². The third-order valence-corrected chi connectivity index (χ3v) is 4.23. The van der Waals surface area contributed by atoms with Crippen molar-refractivity contribution in [2.24, 2.45) is 10.2 Å². The number of thioether (sulfide) groups is 1. The highest BCUT2D eigenvalue weighted by Gasteiger charge is 2.16. The van der Waals surface area contributed by atoms with Crippen LogP contribution in [-0.2, 0) is 11.4 Å². The Kier molecular flexibility index (Phi) is 4.85. The van der Waals surface area contributed by atoms with E-state index in [0.717, 1.165) is 22.3 Å². The average Bonchev–Trinajstić information content (AvgIpc) is 3.00. The van der Waals surface area contributed by atoms with Gasteiger partial charge in [-0.05, 0) is 16.7 Å². The molecule has 1 heterocycles. The van der Waals surface area contributed by atoms with Crippen molar-refractivity contribution in [1.29, 1.82) is 0 Å². The van der Waals surface area contributed by atoms with Crippen LogP contribution in [0.3, 0.4) is 0 Å². The van der Waals surface area contributed by atoms with Crippen LogP contribution in [0.1, 0.15) is 11.1 Å². The fraction of sp³-hybridized carbons (Fsp3) is 0.118. The van der Waals surface area contributed by atoms with Crippen molar-refractivity contribution in [3.05, 3.63) is 59.7 Å². The fourth-order valence-electron chi connectivity index (χ4n) is 2.30. The molecule has 1 fully saturated rings. The van der Waals surface area contributed by atoms with Crippen LogP contribution in [0.25, 0.3) is 11.1 Å². The molecule has 1 aliphatic heterocycles. The summed E-state index contributed by atoms with van der Waals surface area (Å²) < 4.78 is 0. The molecule has 0 radical (unpaired) electrons. The molecular weight excluding hydrogens is 310 g/mol. The first-order valence-corrected chi connectivity index (χ1v) is 8.08. The number of hydrogen-bond acceptors (Lipinski definition) is 5. The number of aliphatic hydroxyl groups is 1. The predicted octanol–water partition coefficient (Wildman–Crippen LogP) is 2.40. The zero-order valence-electron chi connectivity index (χ0n) is 12.3. The quantitative estimate of drug-likeness (QED) is 0.669. The molecule has 5 nitrogen and oxygen atoms in total. The third kappa shape index (κ3) is 3.67. The second-order valence-electron chi connectivity index (χ2n) is 4.89. The molecule has 6 heteroatoms. The van der Waals surface area contributed by atoms with Gasteiger partial charge < -0.3 is 10.4 Å². The maximum atomic E-state index is 11.1. The van der Waals surface area contributed by atoms with E-state index in [-0.39, 0.29) is 12.5 Å². The molecule has 0 spiro atoms. The second kappa shape index (κ2) is 7.21. The Morgan fingerprint density at radius 1 is 1.13 bits per heavy atom. The monoisotopic (exact) mass is 325 g/mol. The van der Waals surface area contributed by atoms with Crippen LogP contribution >= 0.6 is 11.8 Å². The maximum absolute atomic E-state index is 11.1. The van der Waals surface area contributed by atoms with Gasteiger partial charge in [0.2, 0.25) is 5.91 Å². The molecule has 0 aliphatic carbocycles. The minimum absolute atomic E-state index is 0.0212. The van der Waals surface area contributed by atoms with Crippen molar-refractivity contribution < 1.29 is 9.90 Å². The van der Waals surface area contributed by atoms with Crippen LogP contribution < -0.4 is 5.32 Å². The van der Waals surface area contributed by atoms with Gasteiger partial charge in [-0.15, -0.1) is 5.10 Å². The number of carbonyl (C=O) groups excluding carboxylic acids is 1. The van der Waals surface area contributed by atoms with E-state index in [2.05, 4.69) is 15.5 Å². The van der Waals surface area contributed by atoms with E-state index in [0.29, 0.717) is 10.9 Å². The highest BCUT2D eigenvalue weighted by atomic mass is 32.2. The first-order chi connectivity index (χ1) is 11.3. The van der Waals surface area contributed by atoms with Gasteiger partial charge in [0, 0.05) is 5.56 Å². The van der Waals surface area contributed by atoms with Gasteiger partial charge >= 0.3 is 0 Å². The summed E-state index contributed by atoms with van der Waals surface area (Å²) in [5.41, 5.74) is 3.70. The summed E-state index contributed by atoms with van der Waals surface area (Å²) in [6.45, 7) is -0.0212. The summed E-state index contributed by atoms with van der Waals surface area (Å²) in [6, 6.07) is 15.5. The molecule has 0 aromatic heterocycles. The van der Waals surface area contributed by atoms with Gasteiger partial charge in [-0.2, -0.15) is 5.10 Å². The lowest BCUT2D eigenvalue weighted by atomic mass is 9.96. The highest BCUT2D eigenvalue weighted by Crippen LogP contribution is 2.26. The zero-order chi connectivity index (χ0) is 16.1. The molecule has 0 saturated carbocycles. The van der Waals surface area contributed by atoms with Crippen LogP contribution in [0, 0.1) is 0 Å². The van der Waals surface area contributed by atoms with E-state index in [4.69, 9.17) is 0 Å². The molecule has 0 unspecified atom stereocenters. The fourth-order valence-corrected chi connectivity index (χ4v) is 2.93. The minimum Gasteiger partial charge on any atom is -0.392 e. The molecule has 0 bridgehead atoms. The van der Waals surface area contributed by atoms with E-state index in [1.54, 1.807) is 6.21 Å². The molecule has 2 aromatic carbocycles. The molecule has 1 amide bonds. The number of hydrogen-bond donors (Lipinski definition) is 2. The van der Waals surface area contributed by atoms with E-state index in [1.807, 2.05) is 48.5 Å². The number of benzene rings is 2. The molecule has 2 N–H and O–H groups in total. The van der Waals surface area contributed by atoms with Crippen LogP contribution in [0.15, 0.2) is 58.7 Å². The number of carbonyl (C=O) groups is 1. The molecule has 2 aromatic rings. The van der Waals surface area contributed by atoms with Gasteiger partial charge in [-0.3, -0.25) is 4.79 Å². The van der Waals surface area contributed by atoms with Crippen molar-refractivity contribution in [2.75, 3.05) is 5.75 Å². The Bertz CT molecular complexity index is 787. The number of nitrogens with one attached hydrogen (secondary N) is 1. The van der Waals surface area contributed by atoms with Gasteiger partial charge in [0.1, 0.15) is 0 Å². The number of amides is 1. The minimum atomic E-state index is -0.0544. The summed E-state index contributed by atoms with van der Waals surface area (Å²) in [6.07, 6.45) is 1.65. The van der Waals surface area contributed by atoms with Crippen LogP contribution in [0.2, 0.25) is 0 Å². The van der Waals surface area contributed by atoms with Crippen molar-refractivity contribution in [3.8, 4) is 11.1 Å². The Balaban J connectivity index is 1.91. The summed E-state index contributed by atoms with van der Waals surface area (Å²) in [4.78, 5) is 11.1. The number of rotatable bonds is 4. The molecule has 1 aliphatic rings. The van der Waals surface area contributed by atoms with Gasteiger partial charge in [0.15, 0.2) is 5.17 Å². The van der Waals surface area contributed by atoms with Crippen LogP contribution in [0.4, 0.5) is 0 Å². The van der Waals surface area contributed by atoms with E-state index in [9.17, 15) is 9.90 Å². The Morgan fingerprint density at radius 2 is 1.87 bits per heavy atom. The first kappa shape index (κ1) is 15.5. The standard InChI is InChI=1S/C17H15N3O2S/c21-10-13-6-2-4-8-15(13)14-7-3-1-5-12(14)9-18-20-17-19-16(22)11-23-17/h1-9,21H,10-11H2,(H,19,20,22). The zero-order valence-corrected chi connectivity index (χ0v) is 13.1. The highest BCUT2D eigenvalue weighted by molar-refractivity contribution is 8.15. The van der Waals surface area contributed by atoms with Crippen molar-refractivity contribution >= 4 is 29.1 Å². The lowest BCUT2D eigenvalue weighted by Crippen LogP contribution is -2.19. The Morgan fingerprint density at radius 3 is 2.61 bits per heavy atom. The van der Waals surface area contributed by atoms with Crippen molar-refractivity contribution in [2.45, 2.75) is 6.61 Å². The van der Waals surface area contributed by atoms with Gasteiger partial charge in [0.05, 0.1) is 18.6 Å². The predicted molar refractivity (Wildman–Crippen MR) is 93.4 cm³/mol. The average molecular weight is 325 g/mol. The Labute approximate surface area is 138 Å². The van der Waals surface area contributed by atoms with Gasteiger partial charge in [-0.1, -0.05) is 60.3 Å². The first-order valence-electron chi connectivity index (χ1n) is 7.10. The van der Waals surface area contributed by atoms with Crippen LogP contribution in [-0.4, -0.2) is 28.1 Å². The van der Waals surface area contributed by atoms with Gasteiger partial charge in [0.25, 0.3) is 0 Å². The Hall–Kier alpha value is -2.44. The smallest absolute Gasteiger partial charge is 0.236 e. The third-order valence-electron chi connectivity index (χ3n) is 3.37. The molecular formula is C17H15N3O2S. The van der Waals surface area contributed by atoms with Crippen LogP contribution in [0.5, 0.6) is 0 Å². The van der Waals surface area contributed by atoms with Crippen molar-refractivity contribution in [1.82, 2.24) is 5.32 Å². The molecule has 1 saturated heterocycles. The molecule has 0 atom stereocenters. The molecule has 3 rings (SSSR count). The number of nitrogens with zero attached hydrogens (tertiary/aromatic N) is 2. The van der Waals surface area contributed by atoms with E-state index in [1.165, 1.54) is 11.8 Å². The largest absolute Gasteiger partial charge is 0.392 e. The lowest BCUT2D eigenvalue weighted by molar-refractivity contribution is -0.116. The summed E-state index contributed by atoms with van der Waals surface area (Å²) in [5, 5.41) is 20.7. The maximum Gasteiger partial charge on any atom is 0.236 e. The van der Waals surface area contributed by atoms with E-state index < -0.39 is 0 Å². The molecule has 23 heavy (non-hydrogen) atoms.